The van der Waals surface area contributed by atoms with E-state index >= 15 is 0 Å². The predicted octanol–water partition coefficient (Wildman–Crippen LogP) is 3.56. The molecule has 154 valence electrons. The molecule has 30 heavy (non-hydrogen) atoms. The Kier molecular flexibility index (Phi) is 4.83. The van der Waals surface area contributed by atoms with Gasteiger partial charge in [0.2, 0.25) is 5.75 Å². The molecule has 0 bridgehead atoms. The molecule has 1 amide bonds. The number of para-hydroxylation sites is 1. The van der Waals surface area contributed by atoms with Gasteiger partial charge < -0.3 is 28.5 Å². The van der Waals surface area contributed by atoms with Crippen molar-refractivity contribution in [2.45, 2.75) is 0 Å². The van der Waals surface area contributed by atoms with E-state index in [1.54, 1.807) is 35.9 Å². The average Bonchev–Trinajstić information content (AvgIpc) is 3.11. The average molecular weight is 408 g/mol. The number of methoxy groups -OCH3 is 3. The zero-order valence-corrected chi connectivity index (χ0v) is 16.9. The summed E-state index contributed by atoms with van der Waals surface area (Å²) < 4.78 is 23.0. The fraction of sp³-hybridized carbons (Fsp3) is 0.182. The normalized spacial score (nSPS) is 10.9. The lowest BCUT2D eigenvalue weighted by molar-refractivity contribution is 0.101. The van der Waals surface area contributed by atoms with Crippen LogP contribution in [0, 0.1) is 0 Å². The molecule has 2 aromatic carbocycles. The SMILES string of the molecule is COc1cc(NC(=O)c2cc3c(=O)oc4ccccc4c3n2C)cc(OC)c1OC. The zero-order valence-electron chi connectivity index (χ0n) is 16.9. The van der Waals surface area contributed by atoms with E-state index in [1.807, 2.05) is 12.1 Å². The van der Waals surface area contributed by atoms with Gasteiger partial charge >= 0.3 is 5.63 Å². The van der Waals surface area contributed by atoms with E-state index in [0.29, 0.717) is 45.1 Å². The molecule has 8 nitrogen and oxygen atoms in total. The largest absolute Gasteiger partial charge is 0.493 e. The Morgan fingerprint density at radius 1 is 0.967 bits per heavy atom. The van der Waals surface area contributed by atoms with Crippen LogP contribution < -0.4 is 25.2 Å². The highest BCUT2D eigenvalue weighted by Crippen LogP contribution is 2.40. The molecular formula is C22H20N2O6. The summed E-state index contributed by atoms with van der Waals surface area (Å²) >= 11 is 0. The molecule has 0 unspecified atom stereocenters. The number of amides is 1. The first kappa shape index (κ1) is 19.4. The topological polar surface area (TPSA) is 91.9 Å². The van der Waals surface area contributed by atoms with Gasteiger partial charge in [0.1, 0.15) is 11.3 Å². The number of carbonyl (C=O) groups is 1. The van der Waals surface area contributed by atoms with Crippen molar-refractivity contribution in [1.29, 1.82) is 0 Å². The van der Waals surface area contributed by atoms with Gasteiger partial charge in [-0.25, -0.2) is 4.79 Å². The highest BCUT2D eigenvalue weighted by Gasteiger charge is 2.20. The van der Waals surface area contributed by atoms with E-state index in [4.69, 9.17) is 18.6 Å². The summed E-state index contributed by atoms with van der Waals surface area (Å²) in [6.07, 6.45) is 0. The standard InChI is InChI=1S/C22H20N2O6/c1-24-15(11-14-19(24)13-7-5-6-8-16(13)30-22(14)26)21(25)23-12-9-17(27-2)20(29-4)18(10-12)28-3/h5-11H,1-4H3,(H,23,25). The van der Waals surface area contributed by atoms with Crippen molar-refractivity contribution in [3.8, 4) is 17.2 Å². The minimum absolute atomic E-state index is 0.308. The summed E-state index contributed by atoms with van der Waals surface area (Å²) in [6.45, 7) is 0. The number of anilines is 1. The minimum atomic E-state index is -0.494. The van der Waals surface area contributed by atoms with Gasteiger partial charge in [0, 0.05) is 30.3 Å². The second-order valence-corrected chi connectivity index (χ2v) is 6.60. The van der Waals surface area contributed by atoms with Crippen molar-refractivity contribution in [1.82, 2.24) is 4.57 Å². The van der Waals surface area contributed by atoms with Gasteiger partial charge in [-0.3, -0.25) is 4.79 Å². The molecule has 0 aliphatic rings. The maximum Gasteiger partial charge on any atom is 0.345 e. The van der Waals surface area contributed by atoms with E-state index in [0.717, 1.165) is 5.39 Å². The van der Waals surface area contributed by atoms with Crippen molar-refractivity contribution >= 4 is 33.5 Å². The molecular weight excluding hydrogens is 388 g/mol. The fourth-order valence-corrected chi connectivity index (χ4v) is 3.56. The molecule has 0 atom stereocenters. The third kappa shape index (κ3) is 3.02. The summed E-state index contributed by atoms with van der Waals surface area (Å²) in [5, 5.41) is 3.91. The summed E-state index contributed by atoms with van der Waals surface area (Å²) in [6, 6.07) is 12.0. The molecule has 0 fully saturated rings. The molecule has 0 saturated carbocycles. The van der Waals surface area contributed by atoms with Crippen LogP contribution in [0.15, 0.2) is 51.7 Å². The van der Waals surface area contributed by atoms with Crippen LogP contribution in [-0.4, -0.2) is 31.8 Å². The Balaban J connectivity index is 1.80. The number of aryl methyl sites for hydroxylation is 1. The Hall–Kier alpha value is -3.94. The third-order valence-electron chi connectivity index (χ3n) is 4.95. The highest BCUT2D eigenvalue weighted by atomic mass is 16.5. The molecule has 2 heterocycles. The summed E-state index contributed by atoms with van der Waals surface area (Å²) in [4.78, 5) is 25.4. The number of hydrogen-bond donors (Lipinski definition) is 1. The van der Waals surface area contributed by atoms with Crippen molar-refractivity contribution in [3.63, 3.8) is 0 Å². The quantitative estimate of drug-likeness (QED) is 0.508. The lowest BCUT2D eigenvalue weighted by atomic mass is 10.2. The third-order valence-corrected chi connectivity index (χ3v) is 4.95. The van der Waals surface area contributed by atoms with Gasteiger partial charge in [0.15, 0.2) is 11.5 Å². The van der Waals surface area contributed by atoms with E-state index in [9.17, 15) is 9.59 Å². The summed E-state index contributed by atoms with van der Waals surface area (Å²) in [7, 11) is 6.23. The van der Waals surface area contributed by atoms with Crippen LogP contribution in [0.2, 0.25) is 0 Å². The number of ether oxygens (including phenoxy) is 3. The first-order valence-corrected chi connectivity index (χ1v) is 9.11. The molecule has 0 saturated heterocycles. The molecule has 0 radical (unpaired) electrons. The van der Waals surface area contributed by atoms with Crippen molar-refractivity contribution in [3.05, 3.63) is 58.6 Å². The Morgan fingerprint density at radius 2 is 1.63 bits per heavy atom. The monoisotopic (exact) mass is 408 g/mol. The predicted molar refractivity (Wildman–Crippen MR) is 113 cm³/mol. The number of nitrogens with one attached hydrogen (secondary N) is 1. The van der Waals surface area contributed by atoms with Crippen LogP contribution in [0.4, 0.5) is 5.69 Å². The van der Waals surface area contributed by atoms with Gasteiger partial charge in [-0.15, -0.1) is 0 Å². The first-order valence-electron chi connectivity index (χ1n) is 9.11. The Labute approximate surface area is 171 Å². The molecule has 1 N–H and O–H groups in total. The number of rotatable bonds is 5. The molecule has 0 spiro atoms. The first-order chi connectivity index (χ1) is 14.5. The minimum Gasteiger partial charge on any atom is -0.493 e. The van der Waals surface area contributed by atoms with Gasteiger partial charge in [-0.2, -0.15) is 0 Å². The van der Waals surface area contributed by atoms with Crippen LogP contribution >= 0.6 is 0 Å². The number of fused-ring (bicyclic) bond motifs is 3. The van der Waals surface area contributed by atoms with Crippen molar-refractivity contribution in [2.24, 2.45) is 7.05 Å². The molecule has 2 aromatic heterocycles. The van der Waals surface area contributed by atoms with Crippen LogP contribution in [0.25, 0.3) is 21.9 Å². The zero-order chi connectivity index (χ0) is 21.4. The second kappa shape index (κ2) is 7.47. The lowest BCUT2D eigenvalue weighted by Gasteiger charge is -2.14. The number of nitrogens with zero attached hydrogens (tertiary/aromatic N) is 1. The van der Waals surface area contributed by atoms with Gasteiger partial charge in [-0.1, -0.05) is 12.1 Å². The summed E-state index contributed by atoms with van der Waals surface area (Å²) in [5.74, 6) is 0.852. The molecule has 4 rings (SSSR count). The van der Waals surface area contributed by atoms with E-state index in [1.165, 1.54) is 27.4 Å². The summed E-state index contributed by atoms with van der Waals surface area (Å²) in [5.41, 5.74) is 1.37. The number of benzene rings is 2. The Bertz CT molecular complexity index is 1310. The van der Waals surface area contributed by atoms with Gasteiger partial charge in [0.05, 0.1) is 32.2 Å². The fourth-order valence-electron chi connectivity index (χ4n) is 3.56. The number of hydrogen-bond acceptors (Lipinski definition) is 6. The maximum absolute atomic E-state index is 13.0. The van der Waals surface area contributed by atoms with Crippen molar-refractivity contribution in [2.75, 3.05) is 26.6 Å². The van der Waals surface area contributed by atoms with Crippen LogP contribution in [-0.2, 0) is 7.05 Å². The van der Waals surface area contributed by atoms with E-state index < -0.39 is 11.5 Å². The number of carbonyl (C=O) groups excluding carboxylic acids is 1. The van der Waals surface area contributed by atoms with E-state index in [2.05, 4.69) is 5.32 Å². The lowest BCUT2D eigenvalue weighted by Crippen LogP contribution is -2.15. The molecule has 0 aliphatic heterocycles. The second-order valence-electron chi connectivity index (χ2n) is 6.60. The molecule has 0 aliphatic carbocycles. The molecule has 4 aromatic rings. The van der Waals surface area contributed by atoms with E-state index in [-0.39, 0.29) is 0 Å². The van der Waals surface area contributed by atoms with Gasteiger partial charge in [-0.05, 0) is 18.2 Å². The van der Waals surface area contributed by atoms with Crippen LogP contribution in [0.3, 0.4) is 0 Å². The van der Waals surface area contributed by atoms with Gasteiger partial charge in [0.25, 0.3) is 5.91 Å². The highest BCUT2D eigenvalue weighted by molar-refractivity contribution is 6.10. The Morgan fingerprint density at radius 3 is 2.27 bits per heavy atom. The molecule has 8 heteroatoms. The van der Waals surface area contributed by atoms with Crippen molar-refractivity contribution < 1.29 is 23.4 Å². The smallest absolute Gasteiger partial charge is 0.345 e. The number of aromatic nitrogens is 1. The van der Waals surface area contributed by atoms with Crippen LogP contribution in [0.1, 0.15) is 10.5 Å². The van der Waals surface area contributed by atoms with Crippen LogP contribution in [0.5, 0.6) is 17.2 Å². The maximum atomic E-state index is 13.0.